The van der Waals surface area contributed by atoms with Gasteiger partial charge in [-0.15, -0.1) is 0 Å². The number of carbonyl (C=O) groups is 2. The molecule has 0 saturated carbocycles. The summed E-state index contributed by atoms with van der Waals surface area (Å²) in [6.07, 6.45) is 0.334. The first-order chi connectivity index (χ1) is 12.2. The fourth-order valence-corrected chi connectivity index (χ4v) is 2.60. The van der Waals surface area contributed by atoms with Crippen LogP contribution in [0.5, 0.6) is 5.75 Å². The number of ether oxygens (including phenoxy) is 1. The second-order valence-corrected chi connectivity index (χ2v) is 6.67. The van der Waals surface area contributed by atoms with Crippen LogP contribution in [0.3, 0.4) is 0 Å². The van der Waals surface area contributed by atoms with E-state index in [1.54, 1.807) is 25.1 Å². The van der Waals surface area contributed by atoms with Crippen molar-refractivity contribution in [1.29, 1.82) is 0 Å². The second-order valence-electron chi connectivity index (χ2n) is 6.67. The SMILES string of the molecule is Cc1c(C)c2ccc(OCC(=O)NC(CC(C)C)C(=O)O)cc2oc1=O. The number of carboxylic acid groups (broad SMARTS) is 1. The molecule has 0 spiro atoms. The van der Waals surface area contributed by atoms with Crippen LogP contribution in [0.1, 0.15) is 31.4 Å². The maximum Gasteiger partial charge on any atom is 0.339 e. The molecule has 2 rings (SSSR count). The van der Waals surface area contributed by atoms with E-state index in [4.69, 9.17) is 14.3 Å². The van der Waals surface area contributed by atoms with Gasteiger partial charge in [-0.1, -0.05) is 13.8 Å². The number of nitrogens with one attached hydrogen (secondary N) is 1. The largest absolute Gasteiger partial charge is 0.484 e. The smallest absolute Gasteiger partial charge is 0.339 e. The van der Waals surface area contributed by atoms with Gasteiger partial charge in [0.05, 0.1) is 0 Å². The van der Waals surface area contributed by atoms with E-state index in [2.05, 4.69) is 5.32 Å². The van der Waals surface area contributed by atoms with Crippen molar-refractivity contribution >= 4 is 22.8 Å². The minimum absolute atomic E-state index is 0.132. The van der Waals surface area contributed by atoms with E-state index in [1.165, 1.54) is 0 Å². The van der Waals surface area contributed by atoms with Crippen LogP contribution < -0.4 is 15.7 Å². The molecule has 1 unspecified atom stereocenters. The molecule has 0 aliphatic heterocycles. The van der Waals surface area contributed by atoms with Crippen LogP contribution in [-0.4, -0.2) is 29.6 Å². The van der Waals surface area contributed by atoms with Crippen molar-refractivity contribution in [2.75, 3.05) is 6.61 Å². The fraction of sp³-hybridized carbons (Fsp3) is 0.421. The van der Waals surface area contributed by atoms with Gasteiger partial charge in [-0.05, 0) is 43.9 Å². The molecule has 0 fully saturated rings. The molecule has 0 aliphatic rings. The molecule has 7 heteroatoms. The van der Waals surface area contributed by atoms with E-state index in [0.717, 1.165) is 10.9 Å². The Morgan fingerprint density at radius 1 is 1.23 bits per heavy atom. The number of aryl methyl sites for hydroxylation is 1. The maximum absolute atomic E-state index is 12.0. The van der Waals surface area contributed by atoms with Crippen LogP contribution in [0.4, 0.5) is 0 Å². The van der Waals surface area contributed by atoms with Crippen LogP contribution in [0.25, 0.3) is 11.0 Å². The molecule has 2 N–H and O–H groups in total. The molecule has 1 aromatic heterocycles. The number of hydrogen-bond donors (Lipinski definition) is 2. The summed E-state index contributed by atoms with van der Waals surface area (Å²) < 4.78 is 10.7. The van der Waals surface area contributed by atoms with Crippen molar-refractivity contribution in [2.45, 2.75) is 40.2 Å². The number of hydrogen-bond acceptors (Lipinski definition) is 5. The van der Waals surface area contributed by atoms with Crippen LogP contribution >= 0.6 is 0 Å². The first kappa shape index (κ1) is 19.5. The molecule has 0 radical (unpaired) electrons. The summed E-state index contributed by atoms with van der Waals surface area (Å²) in [7, 11) is 0. The third-order valence-electron chi connectivity index (χ3n) is 4.14. The van der Waals surface area contributed by atoms with E-state index in [1.807, 2.05) is 20.8 Å². The summed E-state index contributed by atoms with van der Waals surface area (Å²) >= 11 is 0. The summed E-state index contributed by atoms with van der Waals surface area (Å²) in [6.45, 7) is 6.97. The third kappa shape index (κ3) is 4.62. The lowest BCUT2D eigenvalue weighted by atomic mass is 10.0. The monoisotopic (exact) mass is 361 g/mol. The van der Waals surface area contributed by atoms with E-state index >= 15 is 0 Å². The highest BCUT2D eigenvalue weighted by atomic mass is 16.5. The molecule has 0 saturated heterocycles. The lowest BCUT2D eigenvalue weighted by Crippen LogP contribution is -2.43. The molecular weight excluding hydrogens is 338 g/mol. The number of amides is 1. The standard InChI is InChI=1S/C19H23NO6/c1-10(2)7-15(18(22)23)20-17(21)9-25-13-5-6-14-11(3)12(4)19(24)26-16(14)8-13/h5-6,8,10,15H,7,9H2,1-4H3,(H,20,21)(H,22,23). The van der Waals surface area contributed by atoms with Crippen molar-refractivity contribution in [3.63, 3.8) is 0 Å². The zero-order valence-corrected chi connectivity index (χ0v) is 15.3. The Morgan fingerprint density at radius 2 is 1.92 bits per heavy atom. The average Bonchev–Trinajstić information content (AvgIpc) is 2.56. The van der Waals surface area contributed by atoms with Gasteiger partial charge in [0.25, 0.3) is 5.91 Å². The molecule has 0 bridgehead atoms. The summed E-state index contributed by atoms with van der Waals surface area (Å²) in [5, 5.41) is 12.4. The van der Waals surface area contributed by atoms with Gasteiger partial charge in [-0.2, -0.15) is 0 Å². The highest BCUT2D eigenvalue weighted by molar-refractivity contribution is 5.85. The zero-order chi connectivity index (χ0) is 19.4. The van der Waals surface area contributed by atoms with Gasteiger partial charge < -0.3 is 19.6 Å². The lowest BCUT2D eigenvalue weighted by molar-refractivity contribution is -0.142. The number of aliphatic carboxylic acids is 1. The Morgan fingerprint density at radius 3 is 2.54 bits per heavy atom. The number of fused-ring (bicyclic) bond motifs is 1. The van der Waals surface area contributed by atoms with Crippen molar-refractivity contribution in [3.05, 3.63) is 39.7 Å². The van der Waals surface area contributed by atoms with E-state index < -0.39 is 23.5 Å². The Kier molecular flexibility index (Phi) is 6.02. The second kappa shape index (κ2) is 8.03. The van der Waals surface area contributed by atoms with Crippen LogP contribution in [0, 0.1) is 19.8 Å². The Bertz CT molecular complexity index is 883. The third-order valence-corrected chi connectivity index (χ3v) is 4.14. The molecule has 2 aromatic rings. The molecule has 0 aliphatic carbocycles. The lowest BCUT2D eigenvalue weighted by Gasteiger charge is -2.16. The topological polar surface area (TPSA) is 106 Å². The Hall–Kier alpha value is -2.83. The number of benzene rings is 1. The number of rotatable bonds is 7. The quantitative estimate of drug-likeness (QED) is 0.734. The van der Waals surface area contributed by atoms with Gasteiger partial charge in [-0.25, -0.2) is 9.59 Å². The average molecular weight is 361 g/mol. The maximum atomic E-state index is 12.0. The fourth-order valence-electron chi connectivity index (χ4n) is 2.60. The zero-order valence-electron chi connectivity index (χ0n) is 15.3. The summed E-state index contributed by atoms with van der Waals surface area (Å²) in [5.41, 5.74) is 1.34. The summed E-state index contributed by atoms with van der Waals surface area (Å²) in [6, 6.07) is 4.02. The normalized spacial score (nSPS) is 12.2. The molecule has 1 aromatic carbocycles. The van der Waals surface area contributed by atoms with Crippen molar-refractivity contribution in [1.82, 2.24) is 5.32 Å². The molecule has 140 valence electrons. The number of carbonyl (C=O) groups excluding carboxylic acids is 1. The van der Waals surface area contributed by atoms with Crippen molar-refractivity contribution in [3.8, 4) is 5.75 Å². The molecule has 7 nitrogen and oxygen atoms in total. The molecule has 1 heterocycles. The molecule has 26 heavy (non-hydrogen) atoms. The van der Waals surface area contributed by atoms with Gasteiger partial charge in [0.15, 0.2) is 6.61 Å². The Labute approximate surface area is 151 Å². The van der Waals surface area contributed by atoms with Gasteiger partial charge >= 0.3 is 11.6 Å². The first-order valence-corrected chi connectivity index (χ1v) is 8.38. The summed E-state index contributed by atoms with van der Waals surface area (Å²) in [5.74, 6) is -1.12. The van der Waals surface area contributed by atoms with Crippen LogP contribution in [0.15, 0.2) is 27.4 Å². The van der Waals surface area contributed by atoms with E-state index in [0.29, 0.717) is 23.3 Å². The van der Waals surface area contributed by atoms with E-state index in [9.17, 15) is 14.4 Å². The van der Waals surface area contributed by atoms with Gasteiger partial charge in [0.2, 0.25) is 0 Å². The van der Waals surface area contributed by atoms with Gasteiger partial charge in [0, 0.05) is 17.0 Å². The highest BCUT2D eigenvalue weighted by Gasteiger charge is 2.21. The van der Waals surface area contributed by atoms with Crippen LogP contribution in [0.2, 0.25) is 0 Å². The minimum atomic E-state index is -1.08. The predicted molar refractivity (Wildman–Crippen MR) is 96.5 cm³/mol. The van der Waals surface area contributed by atoms with Crippen molar-refractivity contribution < 1.29 is 23.8 Å². The van der Waals surface area contributed by atoms with Gasteiger partial charge in [0.1, 0.15) is 17.4 Å². The van der Waals surface area contributed by atoms with E-state index in [-0.39, 0.29) is 12.5 Å². The summed E-state index contributed by atoms with van der Waals surface area (Å²) in [4.78, 5) is 34.9. The van der Waals surface area contributed by atoms with Crippen molar-refractivity contribution in [2.24, 2.45) is 5.92 Å². The molecular formula is C19H23NO6. The highest BCUT2D eigenvalue weighted by Crippen LogP contribution is 2.23. The predicted octanol–water partition coefficient (Wildman–Crippen LogP) is 2.40. The minimum Gasteiger partial charge on any atom is -0.484 e. The Balaban J connectivity index is 2.07. The first-order valence-electron chi connectivity index (χ1n) is 8.38. The van der Waals surface area contributed by atoms with Crippen LogP contribution in [-0.2, 0) is 9.59 Å². The number of carboxylic acids is 1. The molecule has 1 amide bonds. The van der Waals surface area contributed by atoms with Gasteiger partial charge in [-0.3, -0.25) is 4.79 Å². The molecule has 1 atom stereocenters.